The van der Waals surface area contributed by atoms with Gasteiger partial charge in [-0.3, -0.25) is 4.99 Å². The van der Waals surface area contributed by atoms with Gasteiger partial charge in [-0.2, -0.15) is 0 Å². The van der Waals surface area contributed by atoms with Gasteiger partial charge in [0.25, 0.3) is 0 Å². The topological polar surface area (TPSA) is 79.9 Å². The van der Waals surface area contributed by atoms with Crippen molar-refractivity contribution in [2.24, 2.45) is 4.99 Å². The highest BCUT2D eigenvalue weighted by Crippen LogP contribution is 2.34. The van der Waals surface area contributed by atoms with Crippen molar-refractivity contribution in [3.8, 4) is 17.2 Å². The number of aromatic amines is 1. The molecule has 2 aromatic carbocycles. The van der Waals surface area contributed by atoms with Crippen molar-refractivity contribution in [3.63, 3.8) is 0 Å². The minimum absolute atomic E-state index is 0. The predicted molar refractivity (Wildman–Crippen MR) is 137 cm³/mol. The number of nitrogens with zero attached hydrogens (tertiary/aromatic N) is 1. The molecule has 0 saturated heterocycles. The Balaban J connectivity index is 0.00000341. The third-order valence-electron chi connectivity index (χ3n) is 5.07. The zero-order valence-electron chi connectivity index (χ0n) is 18.5. The van der Waals surface area contributed by atoms with Gasteiger partial charge in [0, 0.05) is 54.9 Å². The van der Waals surface area contributed by atoms with Gasteiger partial charge in [-0.25, -0.2) is 0 Å². The van der Waals surface area contributed by atoms with Gasteiger partial charge in [-0.15, -0.1) is 24.0 Å². The van der Waals surface area contributed by atoms with E-state index in [1.165, 1.54) is 10.9 Å². The van der Waals surface area contributed by atoms with Gasteiger partial charge < -0.3 is 29.8 Å². The number of H-pyrrole nitrogens is 1. The Labute approximate surface area is 200 Å². The molecule has 1 aromatic heterocycles. The van der Waals surface area contributed by atoms with E-state index in [2.05, 4.69) is 45.0 Å². The molecule has 0 amide bonds. The molecule has 0 bridgehead atoms. The molecule has 0 spiro atoms. The van der Waals surface area contributed by atoms with Crippen molar-refractivity contribution < 1.29 is 14.2 Å². The molecule has 7 nitrogen and oxygen atoms in total. The molecule has 168 valence electrons. The molecule has 31 heavy (non-hydrogen) atoms. The van der Waals surface area contributed by atoms with Crippen LogP contribution in [0.1, 0.15) is 11.1 Å². The molecule has 3 aromatic rings. The summed E-state index contributed by atoms with van der Waals surface area (Å²) in [7, 11) is 6.70. The van der Waals surface area contributed by atoms with E-state index in [9.17, 15) is 0 Å². The first-order chi connectivity index (χ1) is 14.7. The van der Waals surface area contributed by atoms with Gasteiger partial charge in [0.15, 0.2) is 5.96 Å². The van der Waals surface area contributed by atoms with E-state index in [0.29, 0.717) is 12.3 Å². The van der Waals surface area contributed by atoms with Crippen molar-refractivity contribution >= 4 is 40.8 Å². The Morgan fingerprint density at radius 1 is 0.935 bits per heavy atom. The van der Waals surface area contributed by atoms with Crippen LogP contribution in [-0.2, 0) is 12.8 Å². The summed E-state index contributed by atoms with van der Waals surface area (Å²) in [5.41, 5.74) is 3.45. The standard InChI is InChI=1S/C23H30N4O3.HI/c1-24-23(25-11-9-16-15-27-20-8-6-5-7-18(16)20)26-12-10-19-21(29-3)13-17(28-2)14-22(19)30-4;/h5-8,13-15,27H,9-12H2,1-4H3,(H2,24,25,26);1H. The molecule has 0 aliphatic rings. The maximum atomic E-state index is 5.52. The Bertz CT molecular complexity index is 978. The van der Waals surface area contributed by atoms with E-state index >= 15 is 0 Å². The number of fused-ring (bicyclic) bond motifs is 1. The first-order valence-electron chi connectivity index (χ1n) is 9.98. The number of rotatable bonds is 9. The van der Waals surface area contributed by atoms with Crippen LogP contribution < -0.4 is 24.8 Å². The smallest absolute Gasteiger partial charge is 0.190 e. The minimum Gasteiger partial charge on any atom is -0.496 e. The molecule has 3 rings (SSSR count). The molecule has 0 atom stereocenters. The fourth-order valence-corrected chi connectivity index (χ4v) is 3.50. The molecule has 0 aliphatic heterocycles. The largest absolute Gasteiger partial charge is 0.496 e. The van der Waals surface area contributed by atoms with Crippen molar-refractivity contribution in [2.75, 3.05) is 41.5 Å². The number of hydrogen-bond acceptors (Lipinski definition) is 4. The number of halogens is 1. The third-order valence-corrected chi connectivity index (χ3v) is 5.07. The second-order valence-electron chi connectivity index (χ2n) is 6.80. The van der Waals surface area contributed by atoms with Crippen LogP contribution in [0.2, 0.25) is 0 Å². The van der Waals surface area contributed by atoms with Crippen LogP contribution in [0.25, 0.3) is 10.9 Å². The summed E-state index contributed by atoms with van der Waals surface area (Å²) < 4.78 is 16.3. The highest BCUT2D eigenvalue weighted by Gasteiger charge is 2.13. The van der Waals surface area contributed by atoms with E-state index < -0.39 is 0 Å². The van der Waals surface area contributed by atoms with Crippen LogP contribution in [0.4, 0.5) is 0 Å². The van der Waals surface area contributed by atoms with Gasteiger partial charge in [0.2, 0.25) is 0 Å². The van der Waals surface area contributed by atoms with Gasteiger partial charge in [-0.1, -0.05) is 18.2 Å². The van der Waals surface area contributed by atoms with Crippen molar-refractivity contribution in [1.82, 2.24) is 15.6 Å². The SMILES string of the molecule is CN=C(NCCc1c(OC)cc(OC)cc1OC)NCCc1c[nH]c2ccccc12.I. The van der Waals surface area contributed by atoms with E-state index in [1.807, 2.05) is 18.2 Å². The molecule has 3 N–H and O–H groups in total. The second kappa shape index (κ2) is 12.3. The molecular formula is C23H31IN4O3. The first-order valence-corrected chi connectivity index (χ1v) is 9.98. The zero-order valence-corrected chi connectivity index (χ0v) is 20.8. The van der Waals surface area contributed by atoms with Crippen molar-refractivity contribution in [2.45, 2.75) is 12.8 Å². The summed E-state index contributed by atoms with van der Waals surface area (Å²) in [6.07, 6.45) is 3.70. The lowest BCUT2D eigenvalue weighted by atomic mass is 10.1. The maximum absolute atomic E-state index is 5.52. The number of nitrogens with one attached hydrogen (secondary N) is 3. The number of aromatic nitrogens is 1. The average Bonchev–Trinajstić information content (AvgIpc) is 3.20. The quantitative estimate of drug-likeness (QED) is 0.220. The molecule has 0 saturated carbocycles. The van der Waals surface area contributed by atoms with Crippen LogP contribution in [0.3, 0.4) is 0 Å². The van der Waals surface area contributed by atoms with Crippen LogP contribution in [0, 0.1) is 0 Å². The van der Waals surface area contributed by atoms with E-state index in [1.54, 1.807) is 28.4 Å². The number of aliphatic imine (C=N–C) groups is 1. The van der Waals surface area contributed by atoms with Crippen molar-refractivity contribution in [1.29, 1.82) is 0 Å². The van der Waals surface area contributed by atoms with Crippen LogP contribution in [-0.4, -0.2) is 52.4 Å². The maximum Gasteiger partial charge on any atom is 0.190 e. The highest BCUT2D eigenvalue weighted by molar-refractivity contribution is 14.0. The summed E-state index contributed by atoms with van der Waals surface area (Å²) in [5.74, 6) is 2.96. The van der Waals surface area contributed by atoms with Crippen LogP contribution in [0.15, 0.2) is 47.6 Å². The van der Waals surface area contributed by atoms with Gasteiger partial charge in [0.05, 0.1) is 21.3 Å². The summed E-state index contributed by atoms with van der Waals surface area (Å²) >= 11 is 0. The predicted octanol–water partition coefficient (Wildman–Crippen LogP) is 3.76. The molecule has 0 aliphatic carbocycles. The summed E-state index contributed by atoms with van der Waals surface area (Å²) in [5, 5.41) is 8.00. The third kappa shape index (κ3) is 6.19. The zero-order chi connectivity index (χ0) is 21.3. The Hall–Kier alpha value is -2.62. The number of ether oxygens (including phenoxy) is 3. The van der Waals surface area contributed by atoms with Crippen LogP contribution >= 0.6 is 24.0 Å². The Kier molecular flexibility index (Phi) is 9.77. The second-order valence-corrected chi connectivity index (χ2v) is 6.80. The molecule has 0 unspecified atom stereocenters. The number of hydrogen-bond donors (Lipinski definition) is 3. The Morgan fingerprint density at radius 3 is 2.19 bits per heavy atom. The monoisotopic (exact) mass is 538 g/mol. The van der Waals surface area contributed by atoms with Gasteiger partial charge >= 0.3 is 0 Å². The van der Waals surface area contributed by atoms with Gasteiger partial charge in [-0.05, 0) is 24.5 Å². The van der Waals surface area contributed by atoms with Crippen molar-refractivity contribution in [3.05, 3.63) is 53.7 Å². The number of guanidine groups is 1. The molecule has 1 heterocycles. The minimum atomic E-state index is 0. The van der Waals surface area contributed by atoms with Gasteiger partial charge in [0.1, 0.15) is 17.2 Å². The summed E-state index contributed by atoms with van der Waals surface area (Å²) in [6, 6.07) is 12.1. The lowest BCUT2D eigenvalue weighted by Gasteiger charge is -2.16. The molecule has 0 fully saturated rings. The lowest BCUT2D eigenvalue weighted by molar-refractivity contribution is 0.368. The van der Waals surface area contributed by atoms with E-state index in [0.717, 1.165) is 47.9 Å². The fourth-order valence-electron chi connectivity index (χ4n) is 3.50. The molecule has 8 heteroatoms. The normalized spacial score (nSPS) is 11.0. The van der Waals surface area contributed by atoms with E-state index in [4.69, 9.17) is 14.2 Å². The van der Waals surface area contributed by atoms with E-state index in [-0.39, 0.29) is 24.0 Å². The van der Waals surface area contributed by atoms with Crippen LogP contribution in [0.5, 0.6) is 17.2 Å². The summed E-state index contributed by atoms with van der Waals surface area (Å²) in [6.45, 7) is 1.47. The Morgan fingerprint density at radius 2 is 1.58 bits per heavy atom. The molecule has 0 radical (unpaired) electrons. The lowest BCUT2D eigenvalue weighted by Crippen LogP contribution is -2.39. The highest BCUT2D eigenvalue weighted by atomic mass is 127. The average molecular weight is 538 g/mol. The number of methoxy groups -OCH3 is 3. The summed E-state index contributed by atoms with van der Waals surface area (Å²) in [4.78, 5) is 7.63. The number of benzene rings is 2. The number of para-hydroxylation sites is 1. The fraction of sp³-hybridized carbons (Fsp3) is 0.348. The first kappa shape index (κ1) is 24.6. The molecular weight excluding hydrogens is 507 g/mol.